The van der Waals surface area contributed by atoms with Crippen LogP contribution in [0.3, 0.4) is 0 Å². The number of carboxylic acids is 1. The number of carbonyl (C=O) groups is 3. The van der Waals surface area contributed by atoms with Crippen molar-refractivity contribution in [2.24, 2.45) is 0 Å². The number of carbonyl (C=O) groups excluding carboxylic acids is 2. The Bertz CT molecular complexity index is 759. The molecule has 2 N–H and O–H groups in total. The molecule has 2 amide bonds. The fraction of sp³-hybridized carbons (Fsp3) is 0.211. The first kappa shape index (κ1) is 18.2. The Balaban J connectivity index is 1.83. The van der Waals surface area contributed by atoms with Crippen LogP contribution in [-0.2, 0) is 9.59 Å². The summed E-state index contributed by atoms with van der Waals surface area (Å²) >= 11 is 0. The number of anilines is 2. The zero-order valence-corrected chi connectivity index (χ0v) is 13.9. The van der Waals surface area contributed by atoms with Gasteiger partial charge in [0.2, 0.25) is 11.8 Å². The van der Waals surface area contributed by atoms with Gasteiger partial charge in [-0.25, -0.2) is 4.79 Å². The van der Waals surface area contributed by atoms with Gasteiger partial charge < -0.3 is 15.3 Å². The van der Waals surface area contributed by atoms with Gasteiger partial charge in [0.1, 0.15) is 0 Å². The molecule has 6 nitrogen and oxygen atoms in total. The fourth-order valence-electron chi connectivity index (χ4n) is 2.35. The molecule has 0 atom stereocenters. The standard InChI is InChI=1S/C19H20N2O4/c1-21(14-8-3-2-4-9-14)18(23)13-7-12-17(22)20-16-11-6-5-10-15(16)19(24)25/h2-6,8-11H,7,12-13H2,1H3,(H,20,22)(H,24,25). The van der Waals surface area contributed by atoms with Gasteiger partial charge in [-0.1, -0.05) is 30.3 Å². The maximum Gasteiger partial charge on any atom is 0.337 e. The first-order valence-electron chi connectivity index (χ1n) is 7.93. The Labute approximate surface area is 146 Å². The van der Waals surface area contributed by atoms with Crippen molar-refractivity contribution in [2.45, 2.75) is 19.3 Å². The topological polar surface area (TPSA) is 86.7 Å². The van der Waals surface area contributed by atoms with Gasteiger partial charge in [-0.3, -0.25) is 9.59 Å². The van der Waals surface area contributed by atoms with Crippen LogP contribution in [0.15, 0.2) is 54.6 Å². The molecule has 0 aliphatic heterocycles. The third kappa shape index (κ3) is 5.17. The zero-order valence-electron chi connectivity index (χ0n) is 13.9. The molecule has 0 aromatic heterocycles. The summed E-state index contributed by atoms with van der Waals surface area (Å²) < 4.78 is 0. The molecular formula is C19H20N2O4. The number of benzene rings is 2. The summed E-state index contributed by atoms with van der Waals surface area (Å²) in [6.45, 7) is 0. The third-order valence-corrected chi connectivity index (χ3v) is 3.74. The quantitative estimate of drug-likeness (QED) is 0.810. The predicted molar refractivity (Wildman–Crippen MR) is 95.7 cm³/mol. The van der Waals surface area contributed by atoms with Gasteiger partial charge >= 0.3 is 5.97 Å². The molecule has 25 heavy (non-hydrogen) atoms. The molecule has 2 aromatic carbocycles. The van der Waals surface area contributed by atoms with Gasteiger partial charge in [0, 0.05) is 25.6 Å². The highest BCUT2D eigenvalue weighted by molar-refractivity contribution is 6.00. The van der Waals surface area contributed by atoms with Crippen molar-refractivity contribution in [2.75, 3.05) is 17.3 Å². The number of aromatic carboxylic acids is 1. The molecule has 2 aromatic rings. The predicted octanol–water partition coefficient (Wildman–Crippen LogP) is 3.16. The number of rotatable bonds is 7. The Kier molecular flexibility index (Phi) is 6.28. The lowest BCUT2D eigenvalue weighted by Crippen LogP contribution is -2.26. The molecule has 0 unspecified atom stereocenters. The monoisotopic (exact) mass is 340 g/mol. The van der Waals surface area contributed by atoms with Crippen molar-refractivity contribution >= 4 is 29.2 Å². The van der Waals surface area contributed by atoms with Crippen LogP contribution in [0.1, 0.15) is 29.6 Å². The summed E-state index contributed by atoms with van der Waals surface area (Å²) in [4.78, 5) is 36.8. The van der Waals surface area contributed by atoms with Crippen LogP contribution in [0.2, 0.25) is 0 Å². The van der Waals surface area contributed by atoms with Crippen LogP contribution in [-0.4, -0.2) is 29.9 Å². The summed E-state index contributed by atoms with van der Waals surface area (Å²) in [5.74, 6) is -1.50. The SMILES string of the molecule is CN(C(=O)CCCC(=O)Nc1ccccc1C(=O)O)c1ccccc1. The summed E-state index contributed by atoms with van der Waals surface area (Å²) in [7, 11) is 1.70. The van der Waals surface area contributed by atoms with Crippen LogP contribution in [0.4, 0.5) is 11.4 Å². The fourth-order valence-corrected chi connectivity index (χ4v) is 2.35. The van der Waals surface area contributed by atoms with E-state index in [1.165, 1.54) is 12.1 Å². The Morgan fingerprint density at radius 1 is 0.960 bits per heavy atom. The van der Waals surface area contributed by atoms with Crippen LogP contribution in [0, 0.1) is 0 Å². The highest BCUT2D eigenvalue weighted by Gasteiger charge is 2.14. The number of nitrogens with one attached hydrogen (secondary N) is 1. The Hall–Kier alpha value is -3.15. The molecular weight excluding hydrogens is 320 g/mol. The van der Waals surface area contributed by atoms with E-state index in [2.05, 4.69) is 5.32 Å². The minimum atomic E-state index is -1.10. The Morgan fingerprint density at radius 3 is 2.28 bits per heavy atom. The molecule has 0 heterocycles. The maximum atomic E-state index is 12.1. The van der Waals surface area contributed by atoms with Crippen molar-refractivity contribution in [3.8, 4) is 0 Å². The van der Waals surface area contributed by atoms with E-state index in [1.54, 1.807) is 24.1 Å². The van der Waals surface area contributed by atoms with E-state index in [9.17, 15) is 14.4 Å². The van der Waals surface area contributed by atoms with Crippen LogP contribution >= 0.6 is 0 Å². The first-order chi connectivity index (χ1) is 12.0. The van der Waals surface area contributed by atoms with Crippen LogP contribution in [0.25, 0.3) is 0 Å². The number of carboxylic acid groups (broad SMARTS) is 1. The van der Waals surface area contributed by atoms with Crippen molar-refractivity contribution in [1.29, 1.82) is 0 Å². The van der Waals surface area contributed by atoms with Gasteiger partial charge in [0.15, 0.2) is 0 Å². The second-order valence-electron chi connectivity index (χ2n) is 5.54. The summed E-state index contributed by atoms with van der Waals surface area (Å²) in [5, 5.41) is 11.7. The molecule has 130 valence electrons. The van der Waals surface area contributed by atoms with E-state index < -0.39 is 5.97 Å². The second kappa shape index (κ2) is 8.63. The smallest absolute Gasteiger partial charge is 0.337 e. The summed E-state index contributed by atoms with van der Waals surface area (Å²) in [6, 6.07) is 15.5. The molecule has 0 bridgehead atoms. The van der Waals surface area contributed by atoms with Crippen molar-refractivity contribution in [3.63, 3.8) is 0 Å². The molecule has 0 radical (unpaired) electrons. The highest BCUT2D eigenvalue weighted by atomic mass is 16.4. The highest BCUT2D eigenvalue weighted by Crippen LogP contribution is 2.16. The van der Waals surface area contributed by atoms with Gasteiger partial charge in [-0.2, -0.15) is 0 Å². The molecule has 0 saturated carbocycles. The third-order valence-electron chi connectivity index (χ3n) is 3.74. The number of para-hydroxylation sites is 2. The van der Waals surface area contributed by atoms with Gasteiger partial charge in [0.05, 0.1) is 11.3 Å². The average molecular weight is 340 g/mol. The number of amides is 2. The van der Waals surface area contributed by atoms with Gasteiger partial charge in [-0.05, 0) is 30.7 Å². The van der Waals surface area contributed by atoms with E-state index in [0.717, 1.165) is 5.69 Å². The lowest BCUT2D eigenvalue weighted by Gasteiger charge is -2.17. The van der Waals surface area contributed by atoms with Gasteiger partial charge in [0.25, 0.3) is 0 Å². The molecule has 0 fully saturated rings. The molecule has 0 spiro atoms. The number of hydrogen-bond acceptors (Lipinski definition) is 3. The maximum absolute atomic E-state index is 12.1. The average Bonchev–Trinajstić information content (AvgIpc) is 2.62. The van der Waals surface area contributed by atoms with Crippen molar-refractivity contribution in [1.82, 2.24) is 0 Å². The van der Waals surface area contributed by atoms with E-state index in [0.29, 0.717) is 6.42 Å². The minimum absolute atomic E-state index is 0.0377. The zero-order chi connectivity index (χ0) is 18.2. The van der Waals surface area contributed by atoms with E-state index in [4.69, 9.17) is 5.11 Å². The van der Waals surface area contributed by atoms with E-state index >= 15 is 0 Å². The molecule has 0 aliphatic carbocycles. The lowest BCUT2D eigenvalue weighted by atomic mass is 10.1. The van der Waals surface area contributed by atoms with Crippen LogP contribution < -0.4 is 10.2 Å². The van der Waals surface area contributed by atoms with Crippen LogP contribution in [0.5, 0.6) is 0 Å². The van der Waals surface area contributed by atoms with Gasteiger partial charge in [-0.15, -0.1) is 0 Å². The molecule has 6 heteroatoms. The molecule has 2 rings (SSSR count). The Morgan fingerprint density at radius 2 is 1.60 bits per heavy atom. The second-order valence-corrected chi connectivity index (χ2v) is 5.54. The number of nitrogens with zero attached hydrogens (tertiary/aromatic N) is 1. The van der Waals surface area contributed by atoms with E-state index in [-0.39, 0.29) is 35.9 Å². The molecule has 0 saturated heterocycles. The molecule has 0 aliphatic rings. The van der Waals surface area contributed by atoms with E-state index in [1.807, 2.05) is 30.3 Å². The van der Waals surface area contributed by atoms with Crippen molar-refractivity contribution < 1.29 is 19.5 Å². The lowest BCUT2D eigenvalue weighted by molar-refractivity contribution is -0.118. The van der Waals surface area contributed by atoms with Crippen molar-refractivity contribution in [3.05, 3.63) is 60.2 Å². The first-order valence-corrected chi connectivity index (χ1v) is 7.93. The normalized spacial score (nSPS) is 10.1. The largest absolute Gasteiger partial charge is 0.478 e. The number of hydrogen-bond donors (Lipinski definition) is 2. The summed E-state index contributed by atoms with van der Waals surface area (Å²) in [5.41, 5.74) is 1.09. The minimum Gasteiger partial charge on any atom is -0.478 e. The summed E-state index contributed by atoms with van der Waals surface area (Å²) in [6.07, 6.45) is 0.763.